The molecule has 0 unspecified atom stereocenters. The lowest BCUT2D eigenvalue weighted by Gasteiger charge is -2.24. The zero-order valence-corrected chi connectivity index (χ0v) is 14.4. The molecule has 4 atom stereocenters. The molecule has 0 aromatic carbocycles. The van der Waals surface area contributed by atoms with E-state index in [-0.39, 0.29) is 13.2 Å². The fraction of sp³-hybridized carbons (Fsp3) is 0.889. The van der Waals surface area contributed by atoms with Crippen molar-refractivity contribution in [2.75, 3.05) is 19.8 Å². The van der Waals surface area contributed by atoms with Gasteiger partial charge in [-0.2, -0.15) is 0 Å². The summed E-state index contributed by atoms with van der Waals surface area (Å²) in [5.41, 5.74) is 0. The van der Waals surface area contributed by atoms with Crippen LogP contribution in [0.2, 0.25) is 0 Å². The standard InChI is InChI=1S/C18H34O5/c1-2-3-4-5-6-7-8-9-10-11-12-22-16(13-19)18-17(21)15(20)14-23-18/h9-10,15-21H,2-8,11-14H2,1H3/b10-9+/t15-,16+,17-,18-/m0/s1. The summed E-state index contributed by atoms with van der Waals surface area (Å²) >= 11 is 0. The van der Waals surface area contributed by atoms with Crippen LogP contribution in [0.5, 0.6) is 0 Å². The Hall–Kier alpha value is -0.460. The second kappa shape index (κ2) is 12.9. The van der Waals surface area contributed by atoms with Crippen LogP contribution in [-0.2, 0) is 9.47 Å². The van der Waals surface area contributed by atoms with Gasteiger partial charge in [0.1, 0.15) is 24.4 Å². The van der Waals surface area contributed by atoms with E-state index in [0.717, 1.165) is 12.8 Å². The van der Waals surface area contributed by atoms with Gasteiger partial charge in [0.15, 0.2) is 0 Å². The second-order valence-electron chi connectivity index (χ2n) is 6.26. The van der Waals surface area contributed by atoms with Gasteiger partial charge in [0.05, 0.1) is 19.8 Å². The van der Waals surface area contributed by atoms with E-state index in [1.54, 1.807) is 0 Å². The van der Waals surface area contributed by atoms with E-state index in [1.165, 1.54) is 38.5 Å². The third-order valence-electron chi connectivity index (χ3n) is 4.24. The molecule has 3 N–H and O–H groups in total. The SMILES string of the molecule is CCCCCCCC/C=C/CCO[C@H](CO)[C@@H]1OC[C@H](O)[C@@H]1O. The number of rotatable bonds is 13. The van der Waals surface area contributed by atoms with Crippen LogP contribution >= 0.6 is 0 Å². The molecule has 0 bridgehead atoms. The van der Waals surface area contributed by atoms with Crippen LogP contribution in [0.3, 0.4) is 0 Å². The minimum absolute atomic E-state index is 0.0872. The average molecular weight is 330 g/mol. The third kappa shape index (κ3) is 8.27. The molecule has 0 aromatic rings. The van der Waals surface area contributed by atoms with Gasteiger partial charge in [-0.05, 0) is 19.3 Å². The average Bonchev–Trinajstić information content (AvgIpc) is 2.88. The molecule has 0 aliphatic carbocycles. The van der Waals surface area contributed by atoms with Crippen molar-refractivity contribution in [3.8, 4) is 0 Å². The van der Waals surface area contributed by atoms with Gasteiger partial charge < -0.3 is 24.8 Å². The molecule has 1 saturated heterocycles. The van der Waals surface area contributed by atoms with E-state index in [0.29, 0.717) is 6.61 Å². The number of aliphatic hydroxyl groups is 3. The molecule has 1 aliphatic rings. The van der Waals surface area contributed by atoms with Gasteiger partial charge in [-0.15, -0.1) is 0 Å². The Morgan fingerprint density at radius 3 is 2.43 bits per heavy atom. The lowest BCUT2D eigenvalue weighted by molar-refractivity contribution is -0.0996. The number of hydrogen-bond acceptors (Lipinski definition) is 5. The van der Waals surface area contributed by atoms with Gasteiger partial charge in [0.2, 0.25) is 0 Å². The minimum atomic E-state index is -0.990. The Balaban J connectivity index is 2.03. The van der Waals surface area contributed by atoms with Crippen molar-refractivity contribution in [3.63, 3.8) is 0 Å². The lowest BCUT2D eigenvalue weighted by Crippen LogP contribution is -2.42. The maximum absolute atomic E-state index is 9.76. The predicted octanol–water partition coefficient (Wildman–Crippen LogP) is 2.18. The monoisotopic (exact) mass is 330 g/mol. The van der Waals surface area contributed by atoms with Crippen molar-refractivity contribution < 1.29 is 24.8 Å². The van der Waals surface area contributed by atoms with E-state index in [2.05, 4.69) is 19.1 Å². The van der Waals surface area contributed by atoms with Gasteiger partial charge in [-0.1, -0.05) is 51.2 Å². The van der Waals surface area contributed by atoms with Crippen molar-refractivity contribution in [1.82, 2.24) is 0 Å². The topological polar surface area (TPSA) is 79.2 Å². The summed E-state index contributed by atoms with van der Waals surface area (Å²) in [5, 5.41) is 28.5. The summed E-state index contributed by atoms with van der Waals surface area (Å²) in [6, 6.07) is 0. The molecule has 5 nitrogen and oxygen atoms in total. The number of aliphatic hydroxyl groups excluding tert-OH is 3. The van der Waals surface area contributed by atoms with Crippen molar-refractivity contribution in [3.05, 3.63) is 12.2 Å². The Morgan fingerprint density at radius 2 is 1.78 bits per heavy atom. The van der Waals surface area contributed by atoms with Crippen molar-refractivity contribution in [2.24, 2.45) is 0 Å². The summed E-state index contributed by atoms with van der Waals surface area (Å²) in [7, 11) is 0. The fourth-order valence-electron chi connectivity index (χ4n) is 2.77. The third-order valence-corrected chi connectivity index (χ3v) is 4.24. The molecule has 136 valence electrons. The van der Waals surface area contributed by atoms with Gasteiger partial charge in [-0.3, -0.25) is 0 Å². The van der Waals surface area contributed by atoms with Crippen LogP contribution < -0.4 is 0 Å². The van der Waals surface area contributed by atoms with Gasteiger partial charge in [-0.25, -0.2) is 0 Å². The zero-order valence-electron chi connectivity index (χ0n) is 14.4. The van der Waals surface area contributed by atoms with Crippen LogP contribution in [-0.4, -0.2) is 59.6 Å². The molecular formula is C18H34O5. The summed E-state index contributed by atoms with van der Waals surface area (Å²) in [4.78, 5) is 0. The Kier molecular flexibility index (Phi) is 11.5. The van der Waals surface area contributed by atoms with E-state index in [4.69, 9.17) is 9.47 Å². The highest BCUT2D eigenvalue weighted by atomic mass is 16.6. The first-order chi connectivity index (χ1) is 11.2. The Bertz CT molecular complexity index is 308. The maximum atomic E-state index is 9.76. The quantitative estimate of drug-likeness (QED) is 0.356. The summed E-state index contributed by atoms with van der Waals surface area (Å²) < 4.78 is 10.8. The molecule has 23 heavy (non-hydrogen) atoms. The summed E-state index contributed by atoms with van der Waals surface area (Å²) in [5.74, 6) is 0. The molecule has 1 aliphatic heterocycles. The minimum Gasteiger partial charge on any atom is -0.394 e. The van der Waals surface area contributed by atoms with Crippen molar-refractivity contribution in [1.29, 1.82) is 0 Å². The molecular weight excluding hydrogens is 296 g/mol. The van der Waals surface area contributed by atoms with E-state index in [9.17, 15) is 15.3 Å². The molecule has 0 spiro atoms. The normalized spacial score (nSPS) is 26.2. The smallest absolute Gasteiger partial charge is 0.114 e. The van der Waals surface area contributed by atoms with Crippen LogP contribution in [0.25, 0.3) is 0 Å². The first-order valence-corrected chi connectivity index (χ1v) is 9.05. The first-order valence-electron chi connectivity index (χ1n) is 9.05. The maximum Gasteiger partial charge on any atom is 0.114 e. The molecule has 0 saturated carbocycles. The number of unbranched alkanes of at least 4 members (excludes halogenated alkanes) is 6. The molecule has 0 amide bonds. The second-order valence-corrected chi connectivity index (χ2v) is 6.26. The molecule has 5 heteroatoms. The zero-order chi connectivity index (χ0) is 16.9. The number of allylic oxidation sites excluding steroid dienone is 1. The lowest BCUT2D eigenvalue weighted by atomic mass is 10.1. The number of hydrogen-bond donors (Lipinski definition) is 3. The van der Waals surface area contributed by atoms with Crippen LogP contribution in [0.1, 0.15) is 58.3 Å². The van der Waals surface area contributed by atoms with Gasteiger partial charge in [0.25, 0.3) is 0 Å². The molecule has 1 rings (SSSR count). The van der Waals surface area contributed by atoms with Crippen LogP contribution in [0, 0.1) is 0 Å². The van der Waals surface area contributed by atoms with Crippen molar-refractivity contribution in [2.45, 2.75) is 82.7 Å². The molecule has 1 fully saturated rings. The summed E-state index contributed by atoms with van der Waals surface area (Å²) in [6.45, 7) is 2.56. The highest BCUT2D eigenvalue weighted by molar-refractivity contribution is 4.89. The van der Waals surface area contributed by atoms with Crippen LogP contribution in [0.15, 0.2) is 12.2 Å². The molecule has 0 radical (unpaired) electrons. The first kappa shape index (κ1) is 20.6. The van der Waals surface area contributed by atoms with E-state index in [1.807, 2.05) is 0 Å². The Morgan fingerprint density at radius 1 is 1.09 bits per heavy atom. The van der Waals surface area contributed by atoms with Gasteiger partial charge in [0, 0.05) is 0 Å². The van der Waals surface area contributed by atoms with Crippen molar-refractivity contribution >= 4 is 0 Å². The highest BCUT2D eigenvalue weighted by Crippen LogP contribution is 2.19. The molecule has 1 heterocycles. The summed E-state index contributed by atoms with van der Waals surface area (Å²) in [6.07, 6.45) is 10.9. The number of ether oxygens (including phenoxy) is 2. The van der Waals surface area contributed by atoms with Gasteiger partial charge >= 0.3 is 0 Å². The Labute approximate surface area is 140 Å². The van der Waals surface area contributed by atoms with E-state index < -0.39 is 24.4 Å². The molecule has 0 aromatic heterocycles. The largest absolute Gasteiger partial charge is 0.394 e. The predicted molar refractivity (Wildman–Crippen MR) is 90.3 cm³/mol. The fourth-order valence-corrected chi connectivity index (χ4v) is 2.77. The highest BCUT2D eigenvalue weighted by Gasteiger charge is 2.40. The van der Waals surface area contributed by atoms with Crippen LogP contribution in [0.4, 0.5) is 0 Å². The van der Waals surface area contributed by atoms with E-state index >= 15 is 0 Å².